The standard InChI is InChI=1S/C16H18O4S/c1-13-7-9-15(10-8-13)21(17,18)20-12-11-19-16-6-4-3-5-14(16)2/h3-10H,11-12H2,1-2H3. The second-order valence-electron chi connectivity index (χ2n) is 4.70. The molecular weight excluding hydrogens is 288 g/mol. The van der Waals surface area contributed by atoms with Crippen LogP contribution in [0.15, 0.2) is 53.4 Å². The maximum Gasteiger partial charge on any atom is 0.297 e. The fourth-order valence-electron chi connectivity index (χ4n) is 1.79. The second kappa shape index (κ2) is 6.74. The largest absolute Gasteiger partial charge is 0.491 e. The molecule has 0 unspecified atom stereocenters. The van der Waals surface area contributed by atoms with Crippen molar-refractivity contribution in [1.29, 1.82) is 0 Å². The Morgan fingerprint density at radius 2 is 1.57 bits per heavy atom. The average Bonchev–Trinajstić information content (AvgIpc) is 2.46. The molecule has 112 valence electrons. The van der Waals surface area contributed by atoms with Crippen LogP contribution < -0.4 is 4.74 Å². The smallest absolute Gasteiger partial charge is 0.297 e. The topological polar surface area (TPSA) is 52.6 Å². The number of rotatable bonds is 6. The molecule has 0 aliphatic rings. The van der Waals surface area contributed by atoms with E-state index < -0.39 is 10.1 Å². The van der Waals surface area contributed by atoms with Gasteiger partial charge < -0.3 is 4.74 Å². The molecule has 0 atom stereocenters. The van der Waals surface area contributed by atoms with Gasteiger partial charge in [0.05, 0.1) is 4.90 Å². The molecule has 0 radical (unpaired) electrons. The first-order chi connectivity index (χ1) is 9.99. The highest BCUT2D eigenvalue weighted by Gasteiger charge is 2.14. The molecule has 2 rings (SSSR count). The highest BCUT2D eigenvalue weighted by atomic mass is 32.2. The van der Waals surface area contributed by atoms with Crippen molar-refractivity contribution >= 4 is 10.1 Å². The molecule has 0 aliphatic carbocycles. The number of ether oxygens (including phenoxy) is 1. The minimum absolute atomic E-state index is 0.0233. The lowest BCUT2D eigenvalue weighted by Gasteiger charge is -2.09. The molecule has 0 aliphatic heterocycles. The van der Waals surface area contributed by atoms with Gasteiger partial charge >= 0.3 is 0 Å². The van der Waals surface area contributed by atoms with Crippen molar-refractivity contribution in [2.24, 2.45) is 0 Å². The van der Waals surface area contributed by atoms with Crippen molar-refractivity contribution in [3.63, 3.8) is 0 Å². The minimum Gasteiger partial charge on any atom is -0.491 e. The number of hydrogen-bond donors (Lipinski definition) is 0. The average molecular weight is 306 g/mol. The van der Waals surface area contributed by atoms with E-state index in [1.54, 1.807) is 12.1 Å². The normalized spacial score (nSPS) is 11.3. The van der Waals surface area contributed by atoms with Gasteiger partial charge in [0.2, 0.25) is 0 Å². The van der Waals surface area contributed by atoms with E-state index in [2.05, 4.69) is 0 Å². The molecule has 0 saturated carbocycles. The molecule has 0 amide bonds. The summed E-state index contributed by atoms with van der Waals surface area (Å²) in [6.45, 7) is 3.98. The lowest BCUT2D eigenvalue weighted by Crippen LogP contribution is -2.13. The molecule has 0 aromatic heterocycles. The van der Waals surface area contributed by atoms with Crippen LogP contribution in [-0.2, 0) is 14.3 Å². The Labute approximate surface area is 125 Å². The van der Waals surface area contributed by atoms with Crippen LogP contribution in [0.25, 0.3) is 0 Å². The van der Waals surface area contributed by atoms with E-state index in [0.717, 1.165) is 16.9 Å². The highest BCUT2D eigenvalue weighted by molar-refractivity contribution is 7.86. The van der Waals surface area contributed by atoms with Crippen LogP contribution in [0.1, 0.15) is 11.1 Å². The number of para-hydroxylation sites is 1. The lowest BCUT2D eigenvalue weighted by molar-refractivity contribution is 0.220. The fraction of sp³-hybridized carbons (Fsp3) is 0.250. The van der Waals surface area contributed by atoms with E-state index in [4.69, 9.17) is 8.92 Å². The van der Waals surface area contributed by atoms with E-state index in [0.29, 0.717) is 0 Å². The molecule has 0 fully saturated rings. The molecule has 0 heterocycles. The predicted octanol–water partition coefficient (Wildman–Crippen LogP) is 3.09. The zero-order valence-corrected chi connectivity index (χ0v) is 12.9. The SMILES string of the molecule is Cc1ccc(S(=O)(=O)OCCOc2ccccc2C)cc1. The molecular formula is C16H18O4S. The summed E-state index contributed by atoms with van der Waals surface area (Å²) in [5.41, 5.74) is 2.00. The third-order valence-electron chi connectivity index (χ3n) is 2.98. The summed E-state index contributed by atoms with van der Waals surface area (Å²) in [5.74, 6) is 0.730. The first-order valence-electron chi connectivity index (χ1n) is 6.63. The Bertz CT molecular complexity index is 690. The first kappa shape index (κ1) is 15.5. The van der Waals surface area contributed by atoms with Gasteiger partial charge in [-0.3, -0.25) is 4.18 Å². The van der Waals surface area contributed by atoms with Crippen LogP contribution >= 0.6 is 0 Å². The zero-order chi connectivity index (χ0) is 15.3. The zero-order valence-electron chi connectivity index (χ0n) is 12.1. The van der Waals surface area contributed by atoms with Gasteiger partial charge in [0.25, 0.3) is 10.1 Å². The third-order valence-corrected chi connectivity index (χ3v) is 4.31. The Morgan fingerprint density at radius 3 is 2.24 bits per heavy atom. The molecule has 0 spiro atoms. The number of benzene rings is 2. The van der Waals surface area contributed by atoms with E-state index in [-0.39, 0.29) is 18.1 Å². The van der Waals surface area contributed by atoms with Gasteiger partial charge in [-0.2, -0.15) is 8.42 Å². The van der Waals surface area contributed by atoms with Crippen LogP contribution in [0.5, 0.6) is 5.75 Å². The molecule has 5 heteroatoms. The molecule has 2 aromatic rings. The minimum atomic E-state index is -3.72. The van der Waals surface area contributed by atoms with Crippen LogP contribution in [0.4, 0.5) is 0 Å². The van der Waals surface area contributed by atoms with Crippen molar-refractivity contribution in [3.05, 3.63) is 59.7 Å². The van der Waals surface area contributed by atoms with E-state index >= 15 is 0 Å². The van der Waals surface area contributed by atoms with Crippen LogP contribution in [0.3, 0.4) is 0 Å². The van der Waals surface area contributed by atoms with Crippen LogP contribution in [0.2, 0.25) is 0 Å². The monoisotopic (exact) mass is 306 g/mol. The quantitative estimate of drug-likeness (QED) is 0.608. The summed E-state index contributed by atoms with van der Waals surface area (Å²) in [4.78, 5) is 0.156. The predicted molar refractivity (Wildman–Crippen MR) is 81.0 cm³/mol. The Hall–Kier alpha value is -1.85. The van der Waals surface area contributed by atoms with Gasteiger partial charge in [-0.1, -0.05) is 35.9 Å². The van der Waals surface area contributed by atoms with Gasteiger partial charge in [-0.05, 0) is 37.6 Å². The maximum absolute atomic E-state index is 11.9. The molecule has 2 aromatic carbocycles. The van der Waals surface area contributed by atoms with Gasteiger partial charge in [0.1, 0.15) is 19.0 Å². The van der Waals surface area contributed by atoms with Crippen LogP contribution in [0, 0.1) is 13.8 Å². The Kier molecular flexibility index (Phi) is 4.98. The summed E-state index contributed by atoms with van der Waals surface area (Å²) in [6, 6.07) is 14.1. The maximum atomic E-state index is 11.9. The van der Waals surface area contributed by atoms with Gasteiger partial charge in [-0.25, -0.2) is 0 Å². The Morgan fingerprint density at radius 1 is 0.905 bits per heavy atom. The van der Waals surface area contributed by atoms with Gasteiger partial charge in [0, 0.05) is 0 Å². The Balaban J connectivity index is 1.88. The third kappa shape index (κ3) is 4.31. The molecule has 0 saturated heterocycles. The van der Waals surface area contributed by atoms with Crippen molar-refractivity contribution in [2.75, 3.05) is 13.2 Å². The van der Waals surface area contributed by atoms with Crippen molar-refractivity contribution < 1.29 is 17.3 Å². The summed E-state index contributed by atoms with van der Waals surface area (Å²) in [5, 5.41) is 0. The molecule has 21 heavy (non-hydrogen) atoms. The summed E-state index contributed by atoms with van der Waals surface area (Å²) in [7, 11) is -3.72. The summed E-state index contributed by atoms with van der Waals surface area (Å²) < 4.78 is 34.3. The van der Waals surface area contributed by atoms with Crippen molar-refractivity contribution in [2.45, 2.75) is 18.7 Å². The molecule has 0 N–H and O–H groups in total. The number of hydrogen-bond acceptors (Lipinski definition) is 4. The van der Waals surface area contributed by atoms with E-state index in [1.165, 1.54) is 12.1 Å². The fourth-order valence-corrected chi connectivity index (χ4v) is 2.68. The van der Waals surface area contributed by atoms with Crippen LogP contribution in [-0.4, -0.2) is 21.6 Å². The molecule has 4 nitrogen and oxygen atoms in total. The van der Waals surface area contributed by atoms with E-state index in [1.807, 2.05) is 38.1 Å². The molecule has 0 bridgehead atoms. The van der Waals surface area contributed by atoms with Crippen molar-refractivity contribution in [3.8, 4) is 5.75 Å². The summed E-state index contributed by atoms with van der Waals surface area (Å²) >= 11 is 0. The lowest BCUT2D eigenvalue weighted by atomic mass is 10.2. The van der Waals surface area contributed by atoms with Crippen molar-refractivity contribution in [1.82, 2.24) is 0 Å². The highest BCUT2D eigenvalue weighted by Crippen LogP contribution is 2.16. The summed E-state index contributed by atoms with van der Waals surface area (Å²) in [6.07, 6.45) is 0. The second-order valence-corrected chi connectivity index (χ2v) is 6.32. The first-order valence-corrected chi connectivity index (χ1v) is 8.04. The van der Waals surface area contributed by atoms with E-state index in [9.17, 15) is 8.42 Å². The van der Waals surface area contributed by atoms with Gasteiger partial charge in [0.15, 0.2) is 0 Å². The number of aryl methyl sites for hydroxylation is 2. The van der Waals surface area contributed by atoms with Gasteiger partial charge in [-0.15, -0.1) is 0 Å².